The fourth-order valence-corrected chi connectivity index (χ4v) is 5.54. The molecular formula is C36H39NO8. The van der Waals surface area contributed by atoms with Gasteiger partial charge in [0, 0.05) is 23.9 Å². The van der Waals surface area contributed by atoms with Crippen LogP contribution < -0.4 is 19.6 Å². The average Bonchev–Trinajstić information content (AvgIpc) is 3.50. The summed E-state index contributed by atoms with van der Waals surface area (Å²) >= 11 is 0. The normalized spacial score (nSPS) is 12.6. The quantitative estimate of drug-likeness (QED) is 0.168. The molecule has 4 aromatic rings. The van der Waals surface area contributed by atoms with Crippen molar-refractivity contribution in [2.45, 2.75) is 66.5 Å². The molecule has 1 aliphatic heterocycles. The summed E-state index contributed by atoms with van der Waals surface area (Å²) < 4.78 is 30.0. The number of esters is 2. The van der Waals surface area contributed by atoms with E-state index in [1.807, 2.05) is 48.7 Å². The van der Waals surface area contributed by atoms with Crippen molar-refractivity contribution in [1.82, 2.24) is 4.57 Å². The molecule has 0 aliphatic carbocycles. The smallest absolute Gasteiger partial charge is 0.355 e. The van der Waals surface area contributed by atoms with Crippen LogP contribution in [-0.2, 0) is 28.9 Å². The van der Waals surface area contributed by atoms with E-state index >= 15 is 0 Å². The Morgan fingerprint density at radius 3 is 2.29 bits per heavy atom. The van der Waals surface area contributed by atoms with Crippen LogP contribution in [0.1, 0.15) is 84.1 Å². The minimum atomic E-state index is -0.605. The summed E-state index contributed by atoms with van der Waals surface area (Å²) in [5.41, 5.74) is 3.69. The van der Waals surface area contributed by atoms with Crippen LogP contribution in [0.4, 0.5) is 0 Å². The van der Waals surface area contributed by atoms with E-state index in [9.17, 15) is 14.4 Å². The highest BCUT2D eigenvalue weighted by Gasteiger charge is 2.26. The molecule has 1 atom stereocenters. The van der Waals surface area contributed by atoms with Crippen LogP contribution in [0.3, 0.4) is 0 Å². The molecule has 0 bridgehead atoms. The molecule has 1 aromatic heterocycles. The molecule has 1 aliphatic rings. The SMILES string of the molecule is CCOC(=O)c1cccc(Cc2c(C(=O)OCC)n(Cc3cc4c(cc3CC)OCO4)c3ccc(OC(C)CC)cc3c2=O)c1. The van der Waals surface area contributed by atoms with E-state index in [1.54, 1.807) is 38.1 Å². The van der Waals surface area contributed by atoms with E-state index in [1.165, 1.54) is 0 Å². The van der Waals surface area contributed by atoms with Gasteiger partial charge in [0.05, 0.1) is 30.4 Å². The number of carbonyl (C=O) groups excluding carboxylic acids is 2. The topological polar surface area (TPSA) is 102 Å². The highest BCUT2D eigenvalue weighted by Crippen LogP contribution is 2.36. The lowest BCUT2D eigenvalue weighted by atomic mass is 9.97. The third kappa shape index (κ3) is 6.67. The maximum Gasteiger partial charge on any atom is 0.355 e. The summed E-state index contributed by atoms with van der Waals surface area (Å²) in [5.74, 6) is 0.817. The highest BCUT2D eigenvalue weighted by atomic mass is 16.7. The van der Waals surface area contributed by atoms with Gasteiger partial charge in [0.15, 0.2) is 16.9 Å². The van der Waals surface area contributed by atoms with Gasteiger partial charge < -0.3 is 28.3 Å². The van der Waals surface area contributed by atoms with Crippen molar-refractivity contribution in [3.05, 3.63) is 98.3 Å². The van der Waals surface area contributed by atoms with Gasteiger partial charge in [0.2, 0.25) is 6.79 Å². The Hall–Kier alpha value is -4.79. The van der Waals surface area contributed by atoms with Gasteiger partial charge in [-0.3, -0.25) is 4.79 Å². The predicted molar refractivity (Wildman–Crippen MR) is 171 cm³/mol. The number of pyridine rings is 1. The number of ether oxygens (including phenoxy) is 5. The zero-order valence-electron chi connectivity index (χ0n) is 26.4. The van der Waals surface area contributed by atoms with Gasteiger partial charge in [-0.25, -0.2) is 9.59 Å². The monoisotopic (exact) mass is 613 g/mol. The number of benzene rings is 3. The summed E-state index contributed by atoms with van der Waals surface area (Å²) in [7, 11) is 0. The number of fused-ring (bicyclic) bond motifs is 2. The number of aromatic nitrogens is 1. The Morgan fingerprint density at radius 1 is 0.889 bits per heavy atom. The summed E-state index contributed by atoms with van der Waals surface area (Å²) in [6.45, 7) is 10.3. The summed E-state index contributed by atoms with van der Waals surface area (Å²) in [6.07, 6.45) is 1.57. The predicted octanol–water partition coefficient (Wildman–Crippen LogP) is 6.46. The van der Waals surface area contributed by atoms with Crippen LogP contribution in [0.15, 0.2) is 59.4 Å². The molecule has 9 nitrogen and oxygen atoms in total. The molecule has 0 saturated carbocycles. The van der Waals surface area contributed by atoms with Crippen LogP contribution in [0.2, 0.25) is 0 Å². The standard InChI is InChI=1S/C36H39NO8/c1-6-22(5)45-27-13-14-30-28(19-27)34(38)29(16-23-11-10-12-25(15-23)35(39)41-8-3)33(36(40)42-9-4)37(30)20-26-18-32-31(43-21-44-32)17-24(26)7-2/h10-15,17-19,22H,6-9,16,20-21H2,1-5H3. The molecular weight excluding hydrogens is 574 g/mol. The lowest BCUT2D eigenvalue weighted by molar-refractivity contribution is 0.0507. The van der Waals surface area contributed by atoms with Crippen molar-refractivity contribution >= 4 is 22.8 Å². The van der Waals surface area contributed by atoms with E-state index in [4.69, 9.17) is 23.7 Å². The molecule has 1 unspecified atom stereocenters. The number of carbonyl (C=O) groups is 2. The van der Waals surface area contributed by atoms with Gasteiger partial charge in [0.1, 0.15) is 11.4 Å². The van der Waals surface area contributed by atoms with Gasteiger partial charge in [0.25, 0.3) is 0 Å². The van der Waals surface area contributed by atoms with Crippen LogP contribution in [0.5, 0.6) is 17.2 Å². The lowest BCUT2D eigenvalue weighted by Crippen LogP contribution is -2.26. The van der Waals surface area contributed by atoms with E-state index in [-0.39, 0.29) is 55.8 Å². The molecule has 0 N–H and O–H groups in total. The number of rotatable bonds is 12. The second-order valence-electron chi connectivity index (χ2n) is 10.9. The first-order valence-corrected chi connectivity index (χ1v) is 15.5. The number of hydrogen-bond acceptors (Lipinski definition) is 8. The Bertz CT molecular complexity index is 1790. The molecule has 0 radical (unpaired) electrons. The molecule has 5 rings (SSSR count). The lowest BCUT2D eigenvalue weighted by Gasteiger charge is -2.22. The molecule has 2 heterocycles. The zero-order valence-corrected chi connectivity index (χ0v) is 26.4. The molecule has 0 amide bonds. The minimum Gasteiger partial charge on any atom is -0.491 e. The van der Waals surface area contributed by atoms with E-state index in [2.05, 4.69) is 6.92 Å². The van der Waals surface area contributed by atoms with Gasteiger partial charge in [-0.15, -0.1) is 0 Å². The van der Waals surface area contributed by atoms with Gasteiger partial charge in [-0.1, -0.05) is 26.0 Å². The Balaban J connectivity index is 1.75. The molecule has 3 aromatic carbocycles. The van der Waals surface area contributed by atoms with Gasteiger partial charge in [-0.2, -0.15) is 0 Å². The second kappa shape index (κ2) is 13.9. The largest absolute Gasteiger partial charge is 0.491 e. The van der Waals surface area contributed by atoms with Crippen molar-refractivity contribution in [2.24, 2.45) is 0 Å². The van der Waals surface area contributed by atoms with Gasteiger partial charge >= 0.3 is 11.9 Å². The van der Waals surface area contributed by atoms with Gasteiger partial charge in [-0.05, 0) is 92.8 Å². The minimum absolute atomic E-state index is 0.0469. The van der Waals surface area contributed by atoms with Crippen molar-refractivity contribution in [2.75, 3.05) is 20.0 Å². The highest BCUT2D eigenvalue weighted by molar-refractivity contribution is 5.94. The van der Waals surface area contributed by atoms with E-state index in [0.29, 0.717) is 39.3 Å². The van der Waals surface area contributed by atoms with Crippen LogP contribution in [0.25, 0.3) is 10.9 Å². The maximum atomic E-state index is 14.4. The van der Waals surface area contributed by atoms with Crippen molar-refractivity contribution < 1.29 is 33.3 Å². The number of nitrogens with zero attached hydrogens (tertiary/aromatic N) is 1. The number of hydrogen-bond donors (Lipinski definition) is 0. The fourth-order valence-electron chi connectivity index (χ4n) is 5.54. The molecule has 236 valence electrons. The third-order valence-electron chi connectivity index (χ3n) is 7.94. The molecule has 9 heteroatoms. The van der Waals surface area contributed by atoms with E-state index in [0.717, 1.165) is 24.0 Å². The molecule has 0 saturated heterocycles. The first-order chi connectivity index (χ1) is 21.8. The summed E-state index contributed by atoms with van der Waals surface area (Å²) in [5, 5.41) is 0.416. The second-order valence-corrected chi connectivity index (χ2v) is 10.9. The molecule has 0 spiro atoms. The first kappa shape index (κ1) is 31.6. The summed E-state index contributed by atoms with van der Waals surface area (Å²) in [4.78, 5) is 40.7. The number of aryl methyl sites for hydroxylation is 1. The van der Waals surface area contributed by atoms with Crippen LogP contribution in [-0.4, -0.2) is 42.6 Å². The maximum absolute atomic E-state index is 14.4. The molecule has 0 fully saturated rings. The fraction of sp³-hybridized carbons (Fsp3) is 0.361. The molecule has 45 heavy (non-hydrogen) atoms. The Labute approximate surface area is 262 Å². The zero-order chi connectivity index (χ0) is 32.1. The third-order valence-corrected chi connectivity index (χ3v) is 7.94. The van der Waals surface area contributed by atoms with Crippen LogP contribution >= 0.6 is 0 Å². The van der Waals surface area contributed by atoms with Crippen molar-refractivity contribution in [3.63, 3.8) is 0 Å². The van der Waals surface area contributed by atoms with E-state index < -0.39 is 11.9 Å². The first-order valence-electron chi connectivity index (χ1n) is 15.5. The Morgan fingerprint density at radius 2 is 1.60 bits per heavy atom. The Kier molecular flexibility index (Phi) is 9.76. The summed E-state index contributed by atoms with van der Waals surface area (Å²) in [6, 6.07) is 16.2. The van der Waals surface area contributed by atoms with Crippen molar-refractivity contribution in [1.29, 1.82) is 0 Å². The average molecular weight is 614 g/mol. The van der Waals surface area contributed by atoms with Crippen molar-refractivity contribution in [3.8, 4) is 17.2 Å². The van der Waals surface area contributed by atoms with Crippen LogP contribution in [0, 0.1) is 0 Å².